The van der Waals surface area contributed by atoms with Crippen molar-refractivity contribution in [1.29, 1.82) is 0 Å². The minimum absolute atomic E-state index is 0.0143. The summed E-state index contributed by atoms with van der Waals surface area (Å²) in [6.07, 6.45) is 0.708. The standard InChI is InChI=1S/C26H36N2O9/c1-6-7-8-9-11-19-23(37-17(5)30)15(3)36-26(34)21(14(2)35-25(19)33)28-24(32)18-12-10-13-20(22(18)31)27-16(4)29/h10,12-15,19,21,23,31H,6-9,11H2,1-5H3,(H,27,29)(H,28,32)/t14-,15+,19-,21+,23+/m1/s1. The highest BCUT2D eigenvalue weighted by atomic mass is 16.6. The van der Waals surface area contributed by atoms with Crippen LogP contribution < -0.4 is 10.6 Å². The number of carbonyl (C=O) groups excluding carboxylic acids is 5. The molecule has 0 saturated carbocycles. The lowest BCUT2D eigenvalue weighted by Gasteiger charge is -2.28. The van der Waals surface area contributed by atoms with Crippen LogP contribution in [0.25, 0.3) is 0 Å². The fraction of sp³-hybridized carbons (Fsp3) is 0.577. The number of phenols is 1. The molecule has 2 amide bonds. The smallest absolute Gasteiger partial charge is 0.332 e. The van der Waals surface area contributed by atoms with E-state index in [9.17, 15) is 29.1 Å². The monoisotopic (exact) mass is 520 g/mol. The molecular formula is C26H36N2O9. The molecule has 0 aliphatic carbocycles. The van der Waals surface area contributed by atoms with Gasteiger partial charge < -0.3 is 30.0 Å². The molecule has 5 atom stereocenters. The highest BCUT2D eigenvalue weighted by Gasteiger charge is 2.43. The number of unbranched alkanes of at least 4 members (excludes halogenated alkanes) is 3. The van der Waals surface area contributed by atoms with Gasteiger partial charge in [-0.2, -0.15) is 0 Å². The van der Waals surface area contributed by atoms with Crippen LogP contribution in [0.3, 0.4) is 0 Å². The number of cyclic esters (lactones) is 2. The Morgan fingerprint density at radius 3 is 2.30 bits per heavy atom. The number of carbonyl (C=O) groups is 5. The predicted octanol–water partition coefficient (Wildman–Crippen LogP) is 2.84. The number of aromatic hydroxyl groups is 1. The summed E-state index contributed by atoms with van der Waals surface area (Å²) in [6.45, 7) is 7.45. The Bertz CT molecular complexity index is 1010. The van der Waals surface area contributed by atoms with E-state index in [1.165, 1.54) is 45.9 Å². The van der Waals surface area contributed by atoms with Crippen LogP contribution in [-0.2, 0) is 33.4 Å². The first kappa shape index (κ1) is 29.6. The Kier molecular flexibility index (Phi) is 10.9. The van der Waals surface area contributed by atoms with E-state index < -0.39 is 65.7 Å². The molecule has 1 aromatic rings. The molecule has 0 bridgehead atoms. The van der Waals surface area contributed by atoms with Crippen LogP contribution >= 0.6 is 0 Å². The van der Waals surface area contributed by atoms with Gasteiger partial charge >= 0.3 is 17.9 Å². The molecule has 3 N–H and O–H groups in total. The van der Waals surface area contributed by atoms with Gasteiger partial charge in [0.05, 0.1) is 17.2 Å². The lowest BCUT2D eigenvalue weighted by molar-refractivity contribution is -0.173. The van der Waals surface area contributed by atoms with Crippen LogP contribution in [0, 0.1) is 5.92 Å². The first-order chi connectivity index (χ1) is 17.5. The topological polar surface area (TPSA) is 157 Å². The highest BCUT2D eigenvalue weighted by molar-refractivity contribution is 6.02. The summed E-state index contributed by atoms with van der Waals surface area (Å²) in [6, 6.07) is 2.74. The number of amides is 2. The second kappa shape index (κ2) is 13.6. The molecule has 0 radical (unpaired) electrons. The van der Waals surface area contributed by atoms with Crippen LogP contribution in [0.4, 0.5) is 5.69 Å². The Hall–Kier alpha value is -3.63. The molecule has 11 nitrogen and oxygen atoms in total. The second-order valence-corrected chi connectivity index (χ2v) is 9.15. The number of nitrogens with one attached hydrogen (secondary N) is 2. The minimum Gasteiger partial charge on any atom is -0.505 e. The molecule has 0 unspecified atom stereocenters. The summed E-state index contributed by atoms with van der Waals surface area (Å²) in [5.74, 6) is -4.86. The fourth-order valence-electron chi connectivity index (χ4n) is 4.17. The largest absolute Gasteiger partial charge is 0.505 e. The number of phenolic OH excluding ortho intramolecular Hbond substituents is 1. The van der Waals surface area contributed by atoms with Gasteiger partial charge in [-0.15, -0.1) is 0 Å². The van der Waals surface area contributed by atoms with Crippen molar-refractivity contribution in [2.75, 3.05) is 5.32 Å². The number of ether oxygens (including phenoxy) is 3. The number of benzene rings is 1. The average molecular weight is 521 g/mol. The van der Waals surface area contributed by atoms with Crippen molar-refractivity contribution < 1.29 is 43.3 Å². The van der Waals surface area contributed by atoms with Gasteiger partial charge in [0, 0.05) is 13.8 Å². The van der Waals surface area contributed by atoms with Crippen molar-refractivity contribution >= 4 is 35.4 Å². The van der Waals surface area contributed by atoms with Gasteiger partial charge in [0.25, 0.3) is 5.91 Å². The van der Waals surface area contributed by atoms with E-state index in [0.717, 1.165) is 19.3 Å². The van der Waals surface area contributed by atoms with Gasteiger partial charge in [-0.3, -0.25) is 19.2 Å². The summed E-state index contributed by atoms with van der Waals surface area (Å²) in [5, 5.41) is 15.3. The maximum absolute atomic E-state index is 13.2. The zero-order valence-corrected chi connectivity index (χ0v) is 21.9. The molecule has 37 heavy (non-hydrogen) atoms. The lowest BCUT2D eigenvalue weighted by atomic mass is 9.92. The van der Waals surface area contributed by atoms with E-state index in [1.807, 2.05) is 0 Å². The summed E-state index contributed by atoms with van der Waals surface area (Å²) in [7, 11) is 0. The highest BCUT2D eigenvalue weighted by Crippen LogP contribution is 2.29. The summed E-state index contributed by atoms with van der Waals surface area (Å²) < 4.78 is 16.5. The molecule has 2 rings (SSSR count). The van der Waals surface area contributed by atoms with Crippen molar-refractivity contribution in [3.63, 3.8) is 0 Å². The predicted molar refractivity (Wildman–Crippen MR) is 133 cm³/mol. The molecule has 1 aliphatic rings. The van der Waals surface area contributed by atoms with E-state index >= 15 is 0 Å². The number of para-hydroxylation sites is 1. The van der Waals surface area contributed by atoms with Crippen LogP contribution in [-0.4, -0.2) is 59.2 Å². The third-order valence-corrected chi connectivity index (χ3v) is 6.04. The van der Waals surface area contributed by atoms with Crippen LogP contribution in [0.5, 0.6) is 5.75 Å². The fourth-order valence-corrected chi connectivity index (χ4v) is 4.17. The van der Waals surface area contributed by atoms with Crippen LogP contribution in [0.2, 0.25) is 0 Å². The number of hydrogen-bond donors (Lipinski definition) is 3. The molecule has 1 saturated heterocycles. The van der Waals surface area contributed by atoms with Crippen LogP contribution in [0.1, 0.15) is 77.1 Å². The second-order valence-electron chi connectivity index (χ2n) is 9.15. The first-order valence-corrected chi connectivity index (χ1v) is 12.4. The molecule has 0 spiro atoms. The van der Waals surface area contributed by atoms with Crippen molar-refractivity contribution in [3.8, 4) is 5.75 Å². The molecule has 1 aromatic carbocycles. The van der Waals surface area contributed by atoms with Crippen molar-refractivity contribution in [3.05, 3.63) is 23.8 Å². The van der Waals surface area contributed by atoms with Gasteiger partial charge in [-0.05, 0) is 32.4 Å². The zero-order valence-electron chi connectivity index (χ0n) is 21.9. The molecule has 1 fully saturated rings. The van der Waals surface area contributed by atoms with Gasteiger partial charge in [0.1, 0.15) is 12.2 Å². The SMILES string of the molecule is CCCCCC[C@H]1C(=O)O[C@H](C)[C@H](NC(=O)c2cccc(NC(C)=O)c2O)C(=O)O[C@@H](C)[C@@H]1OC(C)=O. The molecule has 0 aromatic heterocycles. The summed E-state index contributed by atoms with van der Waals surface area (Å²) in [5.41, 5.74) is -0.197. The molecule has 1 heterocycles. The first-order valence-electron chi connectivity index (χ1n) is 12.4. The maximum Gasteiger partial charge on any atom is 0.332 e. The Morgan fingerprint density at radius 1 is 1.00 bits per heavy atom. The number of rotatable bonds is 9. The number of esters is 3. The number of anilines is 1. The maximum atomic E-state index is 13.2. The molecule has 204 valence electrons. The Morgan fingerprint density at radius 2 is 1.68 bits per heavy atom. The Labute approximate surface area is 216 Å². The quantitative estimate of drug-likeness (QED) is 0.193. The van der Waals surface area contributed by atoms with Crippen molar-refractivity contribution in [2.45, 2.75) is 91.1 Å². The van der Waals surface area contributed by atoms with E-state index in [-0.39, 0.29) is 11.3 Å². The minimum atomic E-state index is -1.42. The number of hydrogen-bond acceptors (Lipinski definition) is 9. The Balaban J connectivity index is 2.31. The summed E-state index contributed by atoms with van der Waals surface area (Å²) in [4.78, 5) is 62.4. The van der Waals surface area contributed by atoms with Gasteiger partial charge in [0.2, 0.25) is 5.91 Å². The molecule has 1 aliphatic heterocycles. The molecular weight excluding hydrogens is 484 g/mol. The van der Waals surface area contributed by atoms with Gasteiger partial charge in [-0.1, -0.05) is 38.7 Å². The third-order valence-electron chi connectivity index (χ3n) is 6.04. The van der Waals surface area contributed by atoms with Crippen molar-refractivity contribution in [1.82, 2.24) is 5.32 Å². The normalized spacial score (nSPS) is 24.0. The van der Waals surface area contributed by atoms with Gasteiger partial charge in [-0.25, -0.2) is 4.79 Å². The van der Waals surface area contributed by atoms with E-state index in [0.29, 0.717) is 12.8 Å². The lowest BCUT2D eigenvalue weighted by Crippen LogP contribution is -2.50. The third kappa shape index (κ3) is 8.19. The van der Waals surface area contributed by atoms with Gasteiger partial charge in [0.15, 0.2) is 17.9 Å². The van der Waals surface area contributed by atoms with E-state index in [2.05, 4.69) is 17.6 Å². The van der Waals surface area contributed by atoms with Crippen molar-refractivity contribution in [2.24, 2.45) is 5.92 Å². The van der Waals surface area contributed by atoms with E-state index in [1.54, 1.807) is 0 Å². The van der Waals surface area contributed by atoms with E-state index in [4.69, 9.17) is 14.2 Å². The summed E-state index contributed by atoms with van der Waals surface area (Å²) >= 11 is 0. The van der Waals surface area contributed by atoms with Crippen LogP contribution in [0.15, 0.2) is 18.2 Å². The average Bonchev–Trinajstić information content (AvgIpc) is 2.83. The zero-order chi connectivity index (χ0) is 27.7. The molecule has 11 heteroatoms.